The Morgan fingerprint density at radius 2 is 2.21 bits per heavy atom. The molecule has 1 amide bonds. The number of nitrogens with two attached hydrogens (primary N) is 1. The molecule has 4 heteroatoms. The summed E-state index contributed by atoms with van der Waals surface area (Å²) in [5.41, 5.74) is 5.84. The third-order valence-corrected chi connectivity index (χ3v) is 2.53. The molecule has 14 heavy (non-hydrogen) atoms. The van der Waals surface area contributed by atoms with E-state index in [2.05, 4.69) is 5.32 Å². The quantitative estimate of drug-likeness (QED) is 0.622. The summed E-state index contributed by atoms with van der Waals surface area (Å²) in [4.78, 5) is 13.4. The Hall–Kier alpha value is -0.610. The Kier molecular flexibility index (Phi) is 4.35. The van der Waals surface area contributed by atoms with Crippen LogP contribution in [0.3, 0.4) is 0 Å². The van der Waals surface area contributed by atoms with E-state index in [4.69, 9.17) is 5.73 Å². The lowest BCUT2D eigenvalue weighted by Crippen LogP contribution is -2.36. The average molecular weight is 199 g/mol. The minimum atomic E-state index is 0.0781. The average Bonchev–Trinajstić information content (AvgIpc) is 2.84. The second kappa shape index (κ2) is 5.32. The summed E-state index contributed by atoms with van der Waals surface area (Å²) in [5.74, 6) is 0.695. The van der Waals surface area contributed by atoms with Crippen molar-refractivity contribution in [3.8, 4) is 0 Å². The second-order valence-corrected chi connectivity index (χ2v) is 4.36. The molecule has 1 fully saturated rings. The summed E-state index contributed by atoms with van der Waals surface area (Å²) in [6.07, 6.45) is 2.89. The molecule has 0 heterocycles. The van der Waals surface area contributed by atoms with Gasteiger partial charge in [-0.05, 0) is 32.9 Å². The van der Waals surface area contributed by atoms with Crippen LogP contribution in [0.25, 0.3) is 0 Å². The van der Waals surface area contributed by atoms with Gasteiger partial charge in [0.25, 0.3) is 0 Å². The molecule has 0 bridgehead atoms. The highest BCUT2D eigenvalue weighted by atomic mass is 16.1. The Morgan fingerprint density at radius 3 is 2.71 bits per heavy atom. The number of hydrogen-bond acceptors (Lipinski definition) is 3. The van der Waals surface area contributed by atoms with Crippen LogP contribution in [-0.4, -0.2) is 44.0 Å². The van der Waals surface area contributed by atoms with Crippen molar-refractivity contribution in [1.29, 1.82) is 0 Å². The largest absolute Gasteiger partial charge is 0.355 e. The summed E-state index contributed by atoms with van der Waals surface area (Å²) in [7, 11) is 3.98. The van der Waals surface area contributed by atoms with Crippen molar-refractivity contribution in [2.24, 2.45) is 11.7 Å². The lowest BCUT2D eigenvalue weighted by molar-refractivity contribution is -0.121. The molecule has 0 radical (unpaired) electrons. The minimum absolute atomic E-state index is 0.0781. The first-order chi connectivity index (χ1) is 6.59. The third kappa shape index (κ3) is 4.58. The van der Waals surface area contributed by atoms with E-state index in [-0.39, 0.29) is 11.9 Å². The molecule has 0 aliphatic heterocycles. The minimum Gasteiger partial charge on any atom is -0.355 e. The van der Waals surface area contributed by atoms with E-state index in [9.17, 15) is 4.79 Å². The molecule has 0 aromatic heterocycles. The molecular formula is C10H21N3O. The lowest BCUT2D eigenvalue weighted by atomic mass is 10.1. The first-order valence-electron chi connectivity index (χ1n) is 5.26. The topological polar surface area (TPSA) is 58.4 Å². The van der Waals surface area contributed by atoms with E-state index in [1.807, 2.05) is 19.0 Å². The Labute approximate surface area is 85.8 Å². The van der Waals surface area contributed by atoms with Crippen molar-refractivity contribution in [2.75, 3.05) is 27.2 Å². The fraction of sp³-hybridized carbons (Fsp3) is 0.900. The molecule has 4 nitrogen and oxygen atoms in total. The van der Waals surface area contributed by atoms with Crippen LogP contribution in [0.1, 0.15) is 19.3 Å². The highest BCUT2D eigenvalue weighted by Gasteiger charge is 2.29. The fourth-order valence-electron chi connectivity index (χ4n) is 1.40. The van der Waals surface area contributed by atoms with E-state index in [0.29, 0.717) is 18.9 Å². The summed E-state index contributed by atoms with van der Waals surface area (Å²) in [5, 5.41) is 2.87. The van der Waals surface area contributed by atoms with Gasteiger partial charge in [0.2, 0.25) is 5.91 Å². The number of hydrogen-bond donors (Lipinski definition) is 2. The van der Waals surface area contributed by atoms with Crippen molar-refractivity contribution in [3.63, 3.8) is 0 Å². The molecule has 0 spiro atoms. The van der Waals surface area contributed by atoms with Crippen molar-refractivity contribution >= 4 is 5.91 Å². The second-order valence-electron chi connectivity index (χ2n) is 4.36. The van der Waals surface area contributed by atoms with Crippen LogP contribution in [-0.2, 0) is 4.79 Å². The Bertz CT molecular complexity index is 190. The zero-order valence-corrected chi connectivity index (χ0v) is 9.12. The summed E-state index contributed by atoms with van der Waals surface area (Å²) in [6, 6.07) is 0.0781. The number of nitrogens with zero attached hydrogens (tertiary/aromatic N) is 1. The molecule has 3 N–H and O–H groups in total. The molecule has 0 aromatic carbocycles. The van der Waals surface area contributed by atoms with Gasteiger partial charge in [-0.25, -0.2) is 0 Å². The zero-order valence-electron chi connectivity index (χ0n) is 9.12. The molecule has 1 rings (SSSR count). The van der Waals surface area contributed by atoms with Crippen LogP contribution in [0, 0.1) is 5.92 Å². The monoisotopic (exact) mass is 199 g/mol. The SMILES string of the molecule is CN(C)CCNC(=O)CC(N)C1CC1. The van der Waals surface area contributed by atoms with Gasteiger partial charge >= 0.3 is 0 Å². The van der Waals surface area contributed by atoms with Crippen molar-refractivity contribution in [1.82, 2.24) is 10.2 Å². The predicted molar refractivity (Wildman–Crippen MR) is 56.9 cm³/mol. The molecule has 0 aromatic rings. The number of amides is 1. The number of nitrogens with one attached hydrogen (secondary N) is 1. The molecular weight excluding hydrogens is 178 g/mol. The maximum Gasteiger partial charge on any atom is 0.221 e. The number of likely N-dealkylation sites (N-methyl/N-ethyl adjacent to an activating group) is 1. The van der Waals surface area contributed by atoms with Gasteiger partial charge in [-0.3, -0.25) is 4.79 Å². The van der Waals surface area contributed by atoms with Gasteiger partial charge in [-0.1, -0.05) is 0 Å². The lowest BCUT2D eigenvalue weighted by Gasteiger charge is -2.12. The van der Waals surface area contributed by atoms with Crippen LogP contribution in [0.5, 0.6) is 0 Å². The zero-order chi connectivity index (χ0) is 10.6. The van der Waals surface area contributed by atoms with Crippen LogP contribution in [0.15, 0.2) is 0 Å². The Morgan fingerprint density at radius 1 is 1.57 bits per heavy atom. The fourth-order valence-corrected chi connectivity index (χ4v) is 1.40. The van der Waals surface area contributed by atoms with E-state index in [1.165, 1.54) is 12.8 Å². The van der Waals surface area contributed by atoms with Crippen molar-refractivity contribution in [3.05, 3.63) is 0 Å². The van der Waals surface area contributed by atoms with Gasteiger partial charge < -0.3 is 16.0 Å². The number of carbonyl (C=O) groups excluding carboxylic acids is 1. The molecule has 1 unspecified atom stereocenters. The van der Waals surface area contributed by atoms with E-state index in [0.717, 1.165) is 6.54 Å². The summed E-state index contributed by atoms with van der Waals surface area (Å²) in [6.45, 7) is 1.59. The highest BCUT2D eigenvalue weighted by Crippen LogP contribution is 2.32. The Balaban J connectivity index is 2.03. The van der Waals surface area contributed by atoms with E-state index >= 15 is 0 Å². The highest BCUT2D eigenvalue weighted by molar-refractivity contribution is 5.76. The van der Waals surface area contributed by atoms with Crippen molar-refractivity contribution < 1.29 is 4.79 Å². The van der Waals surface area contributed by atoms with Gasteiger partial charge in [-0.15, -0.1) is 0 Å². The molecule has 1 saturated carbocycles. The maximum atomic E-state index is 11.4. The van der Waals surface area contributed by atoms with Crippen LogP contribution >= 0.6 is 0 Å². The third-order valence-electron chi connectivity index (χ3n) is 2.53. The van der Waals surface area contributed by atoms with Crippen LogP contribution in [0.4, 0.5) is 0 Å². The normalized spacial score (nSPS) is 18.3. The van der Waals surface area contributed by atoms with Crippen LogP contribution < -0.4 is 11.1 Å². The first kappa shape index (κ1) is 11.5. The molecule has 82 valence electrons. The smallest absolute Gasteiger partial charge is 0.221 e. The number of rotatable bonds is 6. The van der Waals surface area contributed by atoms with Gasteiger partial charge in [-0.2, -0.15) is 0 Å². The standard InChI is InChI=1S/C10H21N3O/c1-13(2)6-5-12-10(14)7-9(11)8-3-4-8/h8-9H,3-7,11H2,1-2H3,(H,12,14). The van der Waals surface area contributed by atoms with E-state index in [1.54, 1.807) is 0 Å². The van der Waals surface area contributed by atoms with Gasteiger partial charge in [0.05, 0.1) is 0 Å². The molecule has 0 saturated heterocycles. The first-order valence-corrected chi connectivity index (χ1v) is 5.26. The summed E-state index contributed by atoms with van der Waals surface area (Å²) >= 11 is 0. The number of carbonyl (C=O) groups is 1. The van der Waals surface area contributed by atoms with Gasteiger partial charge in [0, 0.05) is 25.6 Å². The summed E-state index contributed by atoms with van der Waals surface area (Å²) < 4.78 is 0. The predicted octanol–water partition coefficient (Wildman–Crippen LogP) is -0.208. The molecule has 1 atom stereocenters. The maximum absolute atomic E-state index is 11.4. The van der Waals surface area contributed by atoms with E-state index < -0.39 is 0 Å². The van der Waals surface area contributed by atoms with Crippen LogP contribution in [0.2, 0.25) is 0 Å². The van der Waals surface area contributed by atoms with Crippen molar-refractivity contribution in [2.45, 2.75) is 25.3 Å². The van der Waals surface area contributed by atoms with Gasteiger partial charge in [0.1, 0.15) is 0 Å². The molecule has 1 aliphatic rings. The molecule has 1 aliphatic carbocycles. The van der Waals surface area contributed by atoms with Gasteiger partial charge in [0.15, 0.2) is 0 Å².